The molecule has 1 aromatic carbocycles. The molecule has 1 fully saturated rings. The molecule has 1 aromatic rings. The van der Waals surface area contributed by atoms with Gasteiger partial charge in [0.1, 0.15) is 11.5 Å². The molecule has 0 radical (unpaired) electrons. The third-order valence-electron chi connectivity index (χ3n) is 5.96. The number of unbranched alkanes of at least 4 members (excludes halogenated alkanes) is 3. The number of carboxylic acids is 1. The molecule has 3 N–H and O–H groups in total. The van der Waals surface area contributed by atoms with E-state index in [2.05, 4.69) is 0 Å². The van der Waals surface area contributed by atoms with E-state index in [1.165, 1.54) is 0 Å². The number of aliphatic hydroxyl groups is 2. The van der Waals surface area contributed by atoms with Gasteiger partial charge in [-0.2, -0.15) is 0 Å². The van der Waals surface area contributed by atoms with Crippen molar-refractivity contribution in [1.82, 2.24) is 0 Å². The fourth-order valence-electron chi connectivity index (χ4n) is 4.37. The Kier molecular flexibility index (Phi) is 10.9. The number of carbonyl (C=O) groups is 2. The molecule has 1 saturated carbocycles. The lowest BCUT2D eigenvalue weighted by atomic mass is 9.88. The van der Waals surface area contributed by atoms with Gasteiger partial charge < -0.3 is 24.8 Å². The summed E-state index contributed by atoms with van der Waals surface area (Å²) in [5.74, 6) is -0.578. The second-order valence-corrected chi connectivity index (χ2v) is 8.55. The average Bonchev–Trinajstić information content (AvgIpc) is 3.01. The predicted octanol–water partition coefficient (Wildman–Crippen LogP) is 3.29. The number of ketones is 1. The number of carbonyl (C=O) groups excluding carboxylic acids is 1. The first-order valence-electron chi connectivity index (χ1n) is 11.3. The highest BCUT2D eigenvalue weighted by molar-refractivity contribution is 5.84. The van der Waals surface area contributed by atoms with E-state index in [0.717, 1.165) is 30.4 Å². The number of hydrogen-bond acceptors (Lipinski definition) is 6. The van der Waals surface area contributed by atoms with Gasteiger partial charge in [0, 0.05) is 38.2 Å². The Bertz CT molecular complexity index is 774. The summed E-state index contributed by atoms with van der Waals surface area (Å²) in [5, 5.41) is 29.6. The summed E-state index contributed by atoms with van der Waals surface area (Å²) in [6.07, 6.45) is 6.49. The number of benzene rings is 1. The van der Waals surface area contributed by atoms with Crippen LogP contribution in [0.5, 0.6) is 5.75 Å². The topological polar surface area (TPSA) is 113 Å². The van der Waals surface area contributed by atoms with Crippen LogP contribution in [-0.4, -0.2) is 53.5 Å². The number of aliphatic carboxylic acids is 1. The Morgan fingerprint density at radius 3 is 2.56 bits per heavy atom. The molecular weight excluding hydrogens is 412 g/mol. The molecule has 0 saturated heterocycles. The number of hydrogen-bond donors (Lipinski definition) is 3. The molecule has 1 aliphatic carbocycles. The Morgan fingerprint density at radius 1 is 1.16 bits per heavy atom. The van der Waals surface area contributed by atoms with Gasteiger partial charge in [-0.1, -0.05) is 37.5 Å². The maximum absolute atomic E-state index is 12.3. The van der Waals surface area contributed by atoms with Crippen LogP contribution in [0.3, 0.4) is 0 Å². The van der Waals surface area contributed by atoms with Crippen molar-refractivity contribution >= 4 is 11.8 Å². The minimum absolute atomic E-state index is 0.0594. The molecule has 7 heteroatoms. The zero-order valence-electron chi connectivity index (χ0n) is 19.0. The minimum Gasteiger partial charge on any atom is -0.497 e. The van der Waals surface area contributed by atoms with E-state index in [-0.39, 0.29) is 30.5 Å². The van der Waals surface area contributed by atoms with Crippen molar-refractivity contribution in [2.24, 2.45) is 11.8 Å². The molecule has 0 aliphatic heterocycles. The number of rotatable bonds is 14. The summed E-state index contributed by atoms with van der Waals surface area (Å²) >= 11 is 0. The number of aliphatic hydroxyl groups excluding tert-OH is 2. The number of methoxy groups -OCH3 is 2. The van der Waals surface area contributed by atoms with Gasteiger partial charge in [-0.3, -0.25) is 9.59 Å². The van der Waals surface area contributed by atoms with Crippen molar-refractivity contribution in [3.8, 4) is 5.75 Å². The summed E-state index contributed by atoms with van der Waals surface area (Å²) in [7, 11) is 3.22. The monoisotopic (exact) mass is 448 g/mol. The zero-order chi connectivity index (χ0) is 23.5. The molecular formula is C25H36O7. The summed E-state index contributed by atoms with van der Waals surface area (Å²) in [6.45, 7) is 0.449. The van der Waals surface area contributed by atoms with Gasteiger partial charge in [0.05, 0.1) is 25.9 Å². The largest absolute Gasteiger partial charge is 0.497 e. The molecule has 0 spiro atoms. The van der Waals surface area contributed by atoms with Gasteiger partial charge in [0.2, 0.25) is 0 Å². The van der Waals surface area contributed by atoms with Crippen LogP contribution in [0.2, 0.25) is 0 Å². The van der Waals surface area contributed by atoms with Crippen LogP contribution in [0.25, 0.3) is 0 Å². The van der Waals surface area contributed by atoms with Gasteiger partial charge in [0.25, 0.3) is 0 Å². The van der Waals surface area contributed by atoms with Crippen molar-refractivity contribution < 1.29 is 34.4 Å². The smallest absolute Gasteiger partial charge is 0.303 e. The van der Waals surface area contributed by atoms with E-state index >= 15 is 0 Å². The Balaban J connectivity index is 1.92. The molecule has 1 unspecified atom stereocenters. The number of Topliss-reactive ketones (excluding diaryl/α,β-unsaturated/α-hetero) is 1. The van der Waals surface area contributed by atoms with Crippen LogP contribution >= 0.6 is 0 Å². The predicted molar refractivity (Wildman–Crippen MR) is 121 cm³/mol. The average molecular weight is 449 g/mol. The Hall–Kier alpha value is -2.22. The van der Waals surface area contributed by atoms with E-state index in [1.54, 1.807) is 26.4 Å². The van der Waals surface area contributed by atoms with Crippen molar-refractivity contribution in [2.75, 3.05) is 14.2 Å². The third kappa shape index (κ3) is 8.37. The number of ether oxygens (including phenoxy) is 2. The first kappa shape index (κ1) is 26.0. The molecule has 1 aliphatic rings. The fraction of sp³-hybridized carbons (Fsp3) is 0.600. The summed E-state index contributed by atoms with van der Waals surface area (Å²) < 4.78 is 10.5. The lowest BCUT2D eigenvalue weighted by Gasteiger charge is -2.18. The van der Waals surface area contributed by atoms with Crippen LogP contribution in [0, 0.1) is 11.8 Å². The molecule has 7 nitrogen and oxygen atoms in total. The van der Waals surface area contributed by atoms with Crippen LogP contribution in [-0.2, 0) is 27.4 Å². The van der Waals surface area contributed by atoms with Gasteiger partial charge in [-0.15, -0.1) is 0 Å². The van der Waals surface area contributed by atoms with E-state index in [4.69, 9.17) is 14.6 Å². The Morgan fingerprint density at radius 2 is 1.88 bits per heavy atom. The normalized spacial score (nSPS) is 21.9. The molecule has 2 rings (SSSR count). The van der Waals surface area contributed by atoms with Crippen LogP contribution in [0.4, 0.5) is 0 Å². The van der Waals surface area contributed by atoms with Crippen molar-refractivity contribution in [2.45, 2.75) is 70.2 Å². The summed E-state index contributed by atoms with van der Waals surface area (Å²) in [6, 6.07) is 5.73. The van der Waals surface area contributed by atoms with E-state index in [9.17, 15) is 19.8 Å². The van der Waals surface area contributed by atoms with Crippen LogP contribution in [0.1, 0.15) is 56.1 Å². The van der Waals surface area contributed by atoms with Gasteiger partial charge in [-0.25, -0.2) is 0 Å². The third-order valence-corrected chi connectivity index (χ3v) is 5.96. The molecule has 0 amide bonds. The van der Waals surface area contributed by atoms with E-state index < -0.39 is 18.2 Å². The highest BCUT2D eigenvalue weighted by Crippen LogP contribution is 2.34. The van der Waals surface area contributed by atoms with Crippen molar-refractivity contribution in [3.05, 3.63) is 41.5 Å². The van der Waals surface area contributed by atoms with Crippen LogP contribution < -0.4 is 4.74 Å². The first-order valence-corrected chi connectivity index (χ1v) is 11.3. The molecule has 0 aromatic heterocycles. The molecule has 0 heterocycles. The molecule has 178 valence electrons. The van der Waals surface area contributed by atoms with Gasteiger partial charge >= 0.3 is 5.97 Å². The molecule has 0 bridgehead atoms. The maximum atomic E-state index is 12.3. The van der Waals surface area contributed by atoms with E-state index in [0.29, 0.717) is 31.6 Å². The maximum Gasteiger partial charge on any atom is 0.303 e. The van der Waals surface area contributed by atoms with Gasteiger partial charge in [-0.05, 0) is 36.1 Å². The molecule has 32 heavy (non-hydrogen) atoms. The fourth-order valence-corrected chi connectivity index (χ4v) is 4.37. The molecule has 4 atom stereocenters. The highest BCUT2D eigenvalue weighted by atomic mass is 16.5. The Labute approximate surface area is 190 Å². The quantitative estimate of drug-likeness (QED) is 0.296. The number of carboxylic acid groups (broad SMARTS) is 1. The first-order chi connectivity index (χ1) is 15.3. The SMILES string of the molecule is COCc1cc(CC(O)C=C[C@H]2[C@H](O)CC(=O)[C@@H]2CCCCCCC(=O)O)cc(OC)c1. The summed E-state index contributed by atoms with van der Waals surface area (Å²) in [4.78, 5) is 22.9. The summed E-state index contributed by atoms with van der Waals surface area (Å²) in [5.41, 5.74) is 1.87. The van der Waals surface area contributed by atoms with Crippen LogP contribution in [0.15, 0.2) is 30.4 Å². The van der Waals surface area contributed by atoms with E-state index in [1.807, 2.05) is 18.2 Å². The standard InChI is InChI=1S/C25H36O7/c1-31-16-18-11-17(13-20(14-18)32-2)12-19(26)9-10-22-21(23(27)15-24(22)28)7-5-3-4-6-8-25(29)30/h9-11,13-14,19,21-22,24,26,28H,3-8,12,15-16H2,1-2H3,(H,29,30)/t19?,21-,22-,24-/m1/s1. The second-order valence-electron chi connectivity index (χ2n) is 8.55. The van der Waals surface area contributed by atoms with Gasteiger partial charge in [0.15, 0.2) is 0 Å². The lowest BCUT2D eigenvalue weighted by molar-refractivity contribution is -0.137. The zero-order valence-corrected chi connectivity index (χ0v) is 19.0. The van der Waals surface area contributed by atoms with Crippen molar-refractivity contribution in [1.29, 1.82) is 0 Å². The second kappa shape index (κ2) is 13.4. The van der Waals surface area contributed by atoms with Crippen molar-refractivity contribution in [3.63, 3.8) is 0 Å². The highest BCUT2D eigenvalue weighted by Gasteiger charge is 2.39. The minimum atomic E-state index is -0.785. The lowest BCUT2D eigenvalue weighted by Crippen LogP contribution is -2.19.